The molecule has 0 fully saturated rings. The standard InChI is InChI=1S/C32H26BrF3N2O4/c33-28-18-25(29(39)37-17-16-21-6-10-24(11-7-21)23-4-2-1-3-5-23)12-13-26(28)20-38(30(40)31(41)42)19-22-8-14-27(15-9-22)32(34,35)36/h1-15,18H,16-17,19-20H2,(H,37,39)(H,41,42). The highest BCUT2D eigenvalue weighted by molar-refractivity contribution is 9.10. The van der Waals surface area contributed by atoms with Gasteiger partial charge in [0.05, 0.1) is 5.56 Å². The molecule has 6 nitrogen and oxygen atoms in total. The van der Waals surface area contributed by atoms with Gasteiger partial charge in [-0.05, 0) is 58.5 Å². The first-order valence-corrected chi connectivity index (χ1v) is 13.7. The molecule has 2 N–H and O–H groups in total. The van der Waals surface area contributed by atoms with Crippen molar-refractivity contribution in [2.45, 2.75) is 25.7 Å². The summed E-state index contributed by atoms with van der Waals surface area (Å²) in [4.78, 5) is 37.5. The lowest BCUT2D eigenvalue weighted by Crippen LogP contribution is -2.35. The van der Waals surface area contributed by atoms with Gasteiger partial charge in [-0.25, -0.2) is 4.79 Å². The molecule has 0 heterocycles. The summed E-state index contributed by atoms with van der Waals surface area (Å²) in [5, 5.41) is 12.2. The van der Waals surface area contributed by atoms with Crippen LogP contribution in [0, 0.1) is 0 Å². The molecular weight excluding hydrogens is 613 g/mol. The molecule has 0 aromatic heterocycles. The van der Waals surface area contributed by atoms with Gasteiger partial charge in [0, 0.05) is 29.7 Å². The molecule has 4 rings (SSSR count). The fraction of sp³-hybridized carbons (Fsp3) is 0.156. The Morgan fingerprint density at radius 1 is 0.786 bits per heavy atom. The second-order valence-electron chi connectivity index (χ2n) is 9.54. The van der Waals surface area contributed by atoms with Crippen molar-refractivity contribution in [1.29, 1.82) is 0 Å². The van der Waals surface area contributed by atoms with Crippen LogP contribution in [0.1, 0.15) is 32.6 Å². The molecule has 0 saturated carbocycles. The maximum atomic E-state index is 12.9. The molecule has 42 heavy (non-hydrogen) atoms. The fourth-order valence-corrected chi connectivity index (χ4v) is 4.80. The van der Waals surface area contributed by atoms with E-state index in [1.54, 1.807) is 18.2 Å². The second kappa shape index (κ2) is 13.5. The van der Waals surface area contributed by atoms with Gasteiger partial charge in [-0.1, -0.05) is 88.7 Å². The number of aliphatic carboxylic acids is 1. The number of carbonyl (C=O) groups excluding carboxylic acids is 2. The molecule has 4 aromatic carbocycles. The van der Waals surface area contributed by atoms with Gasteiger partial charge in [-0.3, -0.25) is 9.59 Å². The highest BCUT2D eigenvalue weighted by atomic mass is 79.9. The zero-order chi connectivity index (χ0) is 30.3. The zero-order valence-corrected chi connectivity index (χ0v) is 23.8. The molecule has 216 valence electrons. The average molecular weight is 639 g/mol. The molecule has 4 aromatic rings. The van der Waals surface area contributed by atoms with Gasteiger partial charge in [-0.2, -0.15) is 13.2 Å². The number of alkyl halides is 3. The van der Waals surface area contributed by atoms with Crippen LogP contribution in [0.25, 0.3) is 11.1 Å². The molecule has 0 atom stereocenters. The Balaban J connectivity index is 1.36. The molecule has 2 amide bonds. The van der Waals surface area contributed by atoms with Crippen LogP contribution in [0.4, 0.5) is 13.2 Å². The maximum Gasteiger partial charge on any atom is 0.416 e. The molecule has 0 aliphatic carbocycles. The van der Waals surface area contributed by atoms with Crippen molar-refractivity contribution in [1.82, 2.24) is 10.2 Å². The lowest BCUT2D eigenvalue weighted by Gasteiger charge is -2.22. The third-order valence-electron chi connectivity index (χ3n) is 6.56. The van der Waals surface area contributed by atoms with E-state index in [9.17, 15) is 32.7 Å². The summed E-state index contributed by atoms with van der Waals surface area (Å²) in [6, 6.07) is 27.0. The number of carboxylic acid groups (broad SMARTS) is 1. The first-order chi connectivity index (χ1) is 20.0. The smallest absolute Gasteiger partial charge is 0.416 e. The van der Waals surface area contributed by atoms with Crippen molar-refractivity contribution in [3.63, 3.8) is 0 Å². The third-order valence-corrected chi connectivity index (χ3v) is 7.30. The minimum atomic E-state index is -4.51. The Kier molecular flexibility index (Phi) is 9.80. The van der Waals surface area contributed by atoms with Gasteiger partial charge in [0.15, 0.2) is 0 Å². The van der Waals surface area contributed by atoms with Crippen LogP contribution in [-0.4, -0.2) is 34.3 Å². The molecular formula is C32H26BrF3N2O4. The van der Waals surface area contributed by atoms with Crippen molar-refractivity contribution in [2.75, 3.05) is 6.54 Å². The van der Waals surface area contributed by atoms with E-state index in [0.29, 0.717) is 34.1 Å². The van der Waals surface area contributed by atoms with Crippen molar-refractivity contribution in [3.8, 4) is 11.1 Å². The first kappa shape index (κ1) is 30.5. The number of hydrogen-bond donors (Lipinski definition) is 2. The summed E-state index contributed by atoms with van der Waals surface area (Å²) in [5.74, 6) is -3.20. The normalized spacial score (nSPS) is 11.1. The van der Waals surface area contributed by atoms with Gasteiger partial charge in [0.1, 0.15) is 0 Å². The molecule has 0 spiro atoms. The molecule has 0 saturated heterocycles. The summed E-state index contributed by atoms with van der Waals surface area (Å²) >= 11 is 3.39. The lowest BCUT2D eigenvalue weighted by atomic mass is 10.0. The van der Waals surface area contributed by atoms with E-state index in [0.717, 1.165) is 33.7 Å². The number of amides is 2. The van der Waals surface area contributed by atoms with Gasteiger partial charge in [0.25, 0.3) is 5.91 Å². The molecule has 0 aliphatic rings. The number of benzene rings is 4. The van der Waals surface area contributed by atoms with Crippen LogP contribution in [0.3, 0.4) is 0 Å². The largest absolute Gasteiger partial charge is 0.474 e. The maximum absolute atomic E-state index is 12.9. The number of carbonyl (C=O) groups is 3. The topological polar surface area (TPSA) is 86.7 Å². The van der Waals surface area contributed by atoms with Crippen LogP contribution in [0.2, 0.25) is 0 Å². The van der Waals surface area contributed by atoms with E-state index >= 15 is 0 Å². The van der Waals surface area contributed by atoms with E-state index in [-0.39, 0.29) is 19.0 Å². The Morgan fingerprint density at radius 3 is 2.00 bits per heavy atom. The Morgan fingerprint density at radius 2 is 1.40 bits per heavy atom. The predicted octanol–water partition coefficient (Wildman–Crippen LogP) is 6.72. The highest BCUT2D eigenvalue weighted by Gasteiger charge is 2.30. The van der Waals surface area contributed by atoms with Crippen molar-refractivity contribution >= 4 is 33.7 Å². The summed E-state index contributed by atoms with van der Waals surface area (Å²) < 4.78 is 39.1. The Bertz CT molecular complexity index is 1560. The van der Waals surface area contributed by atoms with Crippen molar-refractivity contribution < 1.29 is 32.7 Å². The highest BCUT2D eigenvalue weighted by Crippen LogP contribution is 2.29. The first-order valence-electron chi connectivity index (χ1n) is 12.9. The fourth-order valence-electron chi connectivity index (χ4n) is 4.29. The lowest BCUT2D eigenvalue weighted by molar-refractivity contribution is -0.156. The van der Waals surface area contributed by atoms with Gasteiger partial charge in [0.2, 0.25) is 0 Å². The van der Waals surface area contributed by atoms with Crippen LogP contribution >= 0.6 is 15.9 Å². The van der Waals surface area contributed by atoms with Crippen molar-refractivity contribution in [2.24, 2.45) is 0 Å². The van der Waals surface area contributed by atoms with Crippen LogP contribution in [0.5, 0.6) is 0 Å². The van der Waals surface area contributed by atoms with E-state index in [1.165, 1.54) is 12.1 Å². The number of hydrogen-bond acceptors (Lipinski definition) is 3. The van der Waals surface area contributed by atoms with Gasteiger partial charge in [-0.15, -0.1) is 0 Å². The van der Waals surface area contributed by atoms with E-state index < -0.39 is 23.6 Å². The summed E-state index contributed by atoms with van der Waals surface area (Å²) in [6.45, 7) is 0.0504. The predicted molar refractivity (Wildman–Crippen MR) is 155 cm³/mol. The van der Waals surface area contributed by atoms with E-state index in [1.807, 2.05) is 54.6 Å². The van der Waals surface area contributed by atoms with Gasteiger partial charge >= 0.3 is 18.1 Å². The minimum Gasteiger partial charge on any atom is -0.474 e. The average Bonchev–Trinajstić information content (AvgIpc) is 2.98. The van der Waals surface area contributed by atoms with Crippen molar-refractivity contribution in [3.05, 3.63) is 129 Å². The molecule has 0 bridgehead atoms. The molecule has 0 radical (unpaired) electrons. The minimum absolute atomic E-state index is 0.145. The third kappa shape index (κ3) is 8.07. The second-order valence-corrected chi connectivity index (χ2v) is 10.4. The monoisotopic (exact) mass is 638 g/mol. The van der Waals surface area contributed by atoms with Gasteiger partial charge < -0.3 is 15.3 Å². The van der Waals surface area contributed by atoms with E-state index in [4.69, 9.17) is 0 Å². The summed E-state index contributed by atoms with van der Waals surface area (Å²) in [7, 11) is 0. The molecule has 0 unspecified atom stereocenters. The van der Waals surface area contributed by atoms with Crippen LogP contribution < -0.4 is 5.32 Å². The number of nitrogens with zero attached hydrogens (tertiary/aromatic N) is 1. The van der Waals surface area contributed by atoms with Crippen LogP contribution in [-0.2, 0) is 35.3 Å². The Labute approximate surface area is 248 Å². The zero-order valence-electron chi connectivity index (χ0n) is 22.2. The summed E-state index contributed by atoms with van der Waals surface area (Å²) in [5.41, 5.74) is 3.68. The van der Waals surface area contributed by atoms with Crippen LogP contribution in [0.15, 0.2) is 102 Å². The van der Waals surface area contributed by atoms with E-state index in [2.05, 4.69) is 21.2 Å². The molecule has 0 aliphatic heterocycles. The quantitative estimate of drug-likeness (QED) is 0.199. The number of halogens is 4. The molecule has 10 heteroatoms. The Hall–Kier alpha value is -4.44. The number of rotatable bonds is 9. The SMILES string of the molecule is O=C(O)C(=O)N(Cc1ccc(C(F)(F)F)cc1)Cc1ccc(C(=O)NCCc2ccc(-c3ccccc3)cc2)cc1Br. The summed E-state index contributed by atoms with van der Waals surface area (Å²) in [6.07, 6.45) is -3.88. The number of carboxylic acids is 1. The number of nitrogens with one attached hydrogen (secondary N) is 1.